The van der Waals surface area contributed by atoms with Gasteiger partial charge < -0.3 is 19.2 Å². The minimum absolute atomic E-state index is 0.167. The molecule has 0 bridgehead atoms. The molecule has 1 saturated carbocycles. The molecule has 8 nitrogen and oxygen atoms in total. The number of aromatic nitrogens is 5. The van der Waals surface area contributed by atoms with Gasteiger partial charge in [-0.1, -0.05) is 12.8 Å². The summed E-state index contributed by atoms with van der Waals surface area (Å²) >= 11 is 0. The molecule has 0 radical (unpaired) electrons. The predicted molar refractivity (Wildman–Crippen MR) is 100 cm³/mol. The standard InChI is InChI=1S/C19H24N6O2/c1-27-7-6-24-12-20-10-16(24)11-22-19(26)14-8-17-18(21-9-14)25(13-23-17)15-4-2-3-5-15/h8-10,12-13,15H,2-7,11H2,1H3,(H,22,26). The van der Waals surface area contributed by atoms with Crippen LogP contribution < -0.4 is 5.32 Å². The first-order chi connectivity index (χ1) is 13.3. The third kappa shape index (κ3) is 3.71. The minimum Gasteiger partial charge on any atom is -0.383 e. The van der Waals surface area contributed by atoms with Crippen LogP contribution in [0.2, 0.25) is 0 Å². The van der Waals surface area contributed by atoms with Gasteiger partial charge in [0.2, 0.25) is 0 Å². The highest BCUT2D eigenvalue weighted by Crippen LogP contribution is 2.31. The maximum atomic E-state index is 12.5. The molecule has 1 aliphatic carbocycles. The molecule has 1 amide bonds. The first kappa shape index (κ1) is 17.7. The molecule has 8 heteroatoms. The summed E-state index contributed by atoms with van der Waals surface area (Å²) < 4.78 is 9.21. The largest absolute Gasteiger partial charge is 0.383 e. The van der Waals surface area contributed by atoms with Crippen molar-refractivity contribution in [3.63, 3.8) is 0 Å². The van der Waals surface area contributed by atoms with E-state index in [1.807, 2.05) is 17.0 Å². The van der Waals surface area contributed by atoms with Crippen molar-refractivity contribution in [3.8, 4) is 0 Å². The first-order valence-corrected chi connectivity index (χ1v) is 9.35. The number of hydrogen-bond donors (Lipinski definition) is 1. The number of nitrogens with zero attached hydrogens (tertiary/aromatic N) is 5. The van der Waals surface area contributed by atoms with Crippen LogP contribution in [0.25, 0.3) is 11.2 Å². The molecule has 0 unspecified atom stereocenters. The number of amides is 1. The highest BCUT2D eigenvalue weighted by atomic mass is 16.5. The summed E-state index contributed by atoms with van der Waals surface area (Å²) in [5, 5.41) is 2.93. The lowest BCUT2D eigenvalue weighted by Crippen LogP contribution is -2.24. The Kier molecular flexibility index (Phi) is 5.15. The van der Waals surface area contributed by atoms with Gasteiger partial charge in [-0.2, -0.15) is 0 Å². The van der Waals surface area contributed by atoms with Crippen LogP contribution in [0.5, 0.6) is 0 Å². The summed E-state index contributed by atoms with van der Waals surface area (Å²) in [5.74, 6) is -0.167. The van der Waals surface area contributed by atoms with E-state index in [4.69, 9.17) is 4.74 Å². The zero-order valence-electron chi connectivity index (χ0n) is 15.5. The normalized spacial score (nSPS) is 14.9. The van der Waals surface area contributed by atoms with E-state index in [1.54, 1.807) is 25.8 Å². The van der Waals surface area contributed by atoms with Crippen molar-refractivity contribution in [2.75, 3.05) is 13.7 Å². The minimum atomic E-state index is -0.167. The summed E-state index contributed by atoms with van der Waals surface area (Å²) in [7, 11) is 1.66. The lowest BCUT2D eigenvalue weighted by molar-refractivity contribution is 0.0949. The van der Waals surface area contributed by atoms with Crippen LogP contribution in [0.4, 0.5) is 0 Å². The van der Waals surface area contributed by atoms with Gasteiger partial charge in [0, 0.05) is 32.1 Å². The third-order valence-electron chi connectivity index (χ3n) is 5.16. The lowest BCUT2D eigenvalue weighted by atomic mass is 10.2. The molecule has 3 aromatic rings. The highest BCUT2D eigenvalue weighted by molar-refractivity contribution is 5.96. The van der Waals surface area contributed by atoms with Crippen LogP contribution in [-0.2, 0) is 17.8 Å². The fourth-order valence-electron chi connectivity index (χ4n) is 3.65. The van der Waals surface area contributed by atoms with Gasteiger partial charge in [-0.25, -0.2) is 15.0 Å². The smallest absolute Gasteiger partial charge is 0.253 e. The summed E-state index contributed by atoms with van der Waals surface area (Å²) in [6.07, 6.45) is 11.8. The van der Waals surface area contributed by atoms with Crippen LogP contribution in [0.15, 0.2) is 31.1 Å². The highest BCUT2D eigenvalue weighted by Gasteiger charge is 2.20. The maximum absolute atomic E-state index is 12.5. The molecule has 1 aliphatic rings. The quantitative estimate of drug-likeness (QED) is 0.692. The molecule has 4 rings (SSSR count). The molecular formula is C19H24N6O2. The Morgan fingerprint density at radius 2 is 2.11 bits per heavy atom. The van der Waals surface area contributed by atoms with Crippen molar-refractivity contribution in [1.29, 1.82) is 0 Å². The molecular weight excluding hydrogens is 344 g/mol. The molecule has 0 aliphatic heterocycles. The second kappa shape index (κ2) is 7.87. The molecule has 0 spiro atoms. The number of ether oxygens (including phenoxy) is 1. The van der Waals surface area contributed by atoms with Crippen molar-refractivity contribution in [2.45, 2.75) is 44.8 Å². The summed E-state index contributed by atoms with van der Waals surface area (Å²) in [4.78, 5) is 25.6. The fourth-order valence-corrected chi connectivity index (χ4v) is 3.65. The SMILES string of the molecule is COCCn1cncc1CNC(=O)c1cnc2c(c1)ncn2C1CCCC1. The van der Waals surface area contributed by atoms with E-state index in [0.29, 0.717) is 31.3 Å². The Balaban J connectivity index is 1.44. The van der Waals surface area contributed by atoms with Crippen LogP contribution >= 0.6 is 0 Å². The summed E-state index contributed by atoms with van der Waals surface area (Å²) in [6, 6.07) is 2.29. The van der Waals surface area contributed by atoms with Crippen LogP contribution in [0.1, 0.15) is 47.8 Å². The van der Waals surface area contributed by atoms with Crippen molar-refractivity contribution in [2.24, 2.45) is 0 Å². The predicted octanol–water partition coefficient (Wildman–Crippen LogP) is 2.32. The first-order valence-electron chi connectivity index (χ1n) is 9.35. The van der Waals surface area contributed by atoms with Gasteiger partial charge in [0.15, 0.2) is 5.65 Å². The van der Waals surface area contributed by atoms with Gasteiger partial charge in [-0.3, -0.25) is 4.79 Å². The maximum Gasteiger partial charge on any atom is 0.253 e. The molecule has 0 aromatic carbocycles. The van der Waals surface area contributed by atoms with Gasteiger partial charge in [0.1, 0.15) is 5.52 Å². The van der Waals surface area contributed by atoms with Crippen molar-refractivity contribution in [1.82, 2.24) is 29.4 Å². The summed E-state index contributed by atoms with van der Waals surface area (Å²) in [6.45, 7) is 1.70. The van der Waals surface area contributed by atoms with Gasteiger partial charge in [0.25, 0.3) is 5.91 Å². The number of carbonyl (C=O) groups is 1. The number of nitrogens with one attached hydrogen (secondary N) is 1. The number of imidazole rings is 2. The number of pyridine rings is 1. The summed E-state index contributed by atoms with van der Waals surface area (Å²) in [5.41, 5.74) is 3.07. The average molecular weight is 368 g/mol. The molecule has 3 aromatic heterocycles. The third-order valence-corrected chi connectivity index (χ3v) is 5.16. The second-order valence-corrected chi connectivity index (χ2v) is 6.91. The Bertz CT molecular complexity index is 925. The average Bonchev–Trinajstić information content (AvgIpc) is 3.43. The number of methoxy groups -OCH3 is 1. The van der Waals surface area contributed by atoms with E-state index in [-0.39, 0.29) is 5.91 Å². The Morgan fingerprint density at radius 1 is 1.26 bits per heavy atom. The van der Waals surface area contributed by atoms with Crippen molar-refractivity contribution in [3.05, 3.63) is 42.4 Å². The van der Waals surface area contributed by atoms with E-state index in [9.17, 15) is 4.79 Å². The zero-order valence-corrected chi connectivity index (χ0v) is 15.5. The molecule has 1 N–H and O–H groups in total. The Morgan fingerprint density at radius 3 is 2.93 bits per heavy atom. The van der Waals surface area contributed by atoms with Crippen LogP contribution in [-0.4, -0.2) is 43.7 Å². The second-order valence-electron chi connectivity index (χ2n) is 6.91. The van der Waals surface area contributed by atoms with E-state index < -0.39 is 0 Å². The van der Waals surface area contributed by atoms with Crippen molar-refractivity contribution >= 4 is 17.1 Å². The van der Waals surface area contributed by atoms with E-state index >= 15 is 0 Å². The topological polar surface area (TPSA) is 86.9 Å². The Hall–Kier alpha value is -2.74. The van der Waals surface area contributed by atoms with Crippen LogP contribution in [0.3, 0.4) is 0 Å². The molecule has 0 saturated heterocycles. The number of carbonyl (C=O) groups excluding carboxylic acids is 1. The molecule has 27 heavy (non-hydrogen) atoms. The van der Waals surface area contributed by atoms with E-state index in [1.165, 1.54) is 25.7 Å². The van der Waals surface area contributed by atoms with Gasteiger partial charge >= 0.3 is 0 Å². The van der Waals surface area contributed by atoms with Gasteiger partial charge in [-0.15, -0.1) is 0 Å². The molecule has 1 fully saturated rings. The van der Waals surface area contributed by atoms with E-state index in [0.717, 1.165) is 16.9 Å². The molecule has 3 heterocycles. The fraction of sp³-hybridized carbons (Fsp3) is 0.474. The molecule has 0 atom stereocenters. The number of rotatable bonds is 7. The number of fused-ring (bicyclic) bond motifs is 1. The van der Waals surface area contributed by atoms with Gasteiger partial charge in [-0.05, 0) is 18.9 Å². The molecule has 142 valence electrons. The number of hydrogen-bond acceptors (Lipinski definition) is 5. The van der Waals surface area contributed by atoms with E-state index in [2.05, 4.69) is 24.8 Å². The monoisotopic (exact) mass is 368 g/mol. The van der Waals surface area contributed by atoms with Gasteiger partial charge in [0.05, 0.1) is 37.1 Å². The van der Waals surface area contributed by atoms with Crippen molar-refractivity contribution < 1.29 is 9.53 Å². The zero-order chi connectivity index (χ0) is 18.6. The van der Waals surface area contributed by atoms with Crippen LogP contribution in [0, 0.1) is 0 Å². The lowest BCUT2D eigenvalue weighted by Gasteiger charge is -2.11. The Labute approximate surface area is 157 Å².